The van der Waals surface area contributed by atoms with E-state index >= 15 is 0 Å². The topological polar surface area (TPSA) is 55.1 Å². The third-order valence-corrected chi connectivity index (χ3v) is 4.55. The van der Waals surface area contributed by atoms with Gasteiger partial charge >= 0.3 is 0 Å². The third-order valence-electron chi connectivity index (χ3n) is 2.83. The van der Waals surface area contributed by atoms with Crippen LogP contribution in [0.4, 0.5) is 0 Å². The summed E-state index contributed by atoms with van der Waals surface area (Å²) in [5.74, 6) is 5.79. The van der Waals surface area contributed by atoms with Gasteiger partial charge in [-0.05, 0) is 29.8 Å². The Hall–Kier alpha value is -1.74. The Balaban J connectivity index is 2.06. The fourth-order valence-corrected chi connectivity index (χ4v) is 3.19. The number of thioether (sulfide) groups is 1. The van der Waals surface area contributed by atoms with E-state index in [0.717, 1.165) is 15.3 Å². The molecule has 0 atom stereocenters. The van der Waals surface area contributed by atoms with Crippen LogP contribution < -0.4 is 11.1 Å². The van der Waals surface area contributed by atoms with Gasteiger partial charge in [0.1, 0.15) is 0 Å². The fraction of sp³-hybridized carbons (Fsp3) is 0.188. The number of carbonyl (C=O) groups is 1. The molecule has 0 saturated carbocycles. The summed E-state index contributed by atoms with van der Waals surface area (Å²) in [6.45, 7) is 0.816. The molecule has 2 rings (SSSR count). The van der Waals surface area contributed by atoms with Gasteiger partial charge in [-0.2, -0.15) is 0 Å². The van der Waals surface area contributed by atoms with Crippen LogP contribution >= 0.6 is 23.1 Å². The first-order valence-electron chi connectivity index (χ1n) is 6.42. The maximum atomic E-state index is 12.3. The Labute approximate surface area is 132 Å². The van der Waals surface area contributed by atoms with Crippen LogP contribution in [-0.2, 0) is 6.54 Å². The quantitative estimate of drug-likeness (QED) is 0.673. The van der Waals surface area contributed by atoms with Crippen molar-refractivity contribution in [2.45, 2.75) is 11.4 Å². The van der Waals surface area contributed by atoms with Crippen molar-refractivity contribution in [2.75, 3.05) is 12.8 Å². The maximum absolute atomic E-state index is 12.3. The Bertz CT molecular complexity index is 683. The molecular weight excluding hydrogens is 300 g/mol. The lowest BCUT2D eigenvalue weighted by atomic mass is 10.2. The minimum Gasteiger partial charge on any atom is -0.347 e. The van der Waals surface area contributed by atoms with Crippen molar-refractivity contribution >= 4 is 29.0 Å². The van der Waals surface area contributed by atoms with Crippen molar-refractivity contribution in [3.8, 4) is 11.8 Å². The Kier molecular flexibility index (Phi) is 5.88. The second-order valence-electron chi connectivity index (χ2n) is 4.15. The van der Waals surface area contributed by atoms with Crippen LogP contribution in [0.15, 0.2) is 40.6 Å². The van der Waals surface area contributed by atoms with Gasteiger partial charge in [0.15, 0.2) is 0 Å². The van der Waals surface area contributed by atoms with E-state index in [4.69, 9.17) is 5.73 Å². The predicted molar refractivity (Wildman–Crippen MR) is 89.6 cm³/mol. The second kappa shape index (κ2) is 7.89. The van der Waals surface area contributed by atoms with Crippen LogP contribution in [0.5, 0.6) is 0 Å². The Morgan fingerprint density at radius 1 is 1.38 bits per heavy atom. The summed E-state index contributed by atoms with van der Waals surface area (Å²) in [6, 6.07) is 9.54. The Morgan fingerprint density at radius 3 is 2.95 bits per heavy atom. The third kappa shape index (κ3) is 4.11. The van der Waals surface area contributed by atoms with Crippen molar-refractivity contribution in [3.05, 3.63) is 51.7 Å². The molecule has 0 spiro atoms. The molecular formula is C16H16N2OS2. The molecule has 0 aliphatic carbocycles. The van der Waals surface area contributed by atoms with E-state index in [1.165, 1.54) is 0 Å². The van der Waals surface area contributed by atoms with E-state index in [1.54, 1.807) is 23.1 Å². The lowest BCUT2D eigenvalue weighted by Crippen LogP contribution is -2.23. The maximum Gasteiger partial charge on any atom is 0.252 e. The van der Waals surface area contributed by atoms with E-state index in [-0.39, 0.29) is 5.91 Å². The normalized spacial score (nSPS) is 9.81. The summed E-state index contributed by atoms with van der Waals surface area (Å²) in [7, 11) is 0. The fourth-order valence-electron chi connectivity index (χ4n) is 1.82. The molecule has 0 aliphatic heterocycles. The highest BCUT2D eigenvalue weighted by Gasteiger charge is 2.11. The van der Waals surface area contributed by atoms with Crippen molar-refractivity contribution < 1.29 is 4.79 Å². The van der Waals surface area contributed by atoms with Crippen LogP contribution in [0.1, 0.15) is 20.8 Å². The summed E-state index contributed by atoms with van der Waals surface area (Å²) >= 11 is 3.15. The first-order chi connectivity index (χ1) is 10.3. The summed E-state index contributed by atoms with van der Waals surface area (Å²) in [5.41, 5.74) is 7.02. The van der Waals surface area contributed by atoms with Gasteiger partial charge in [0, 0.05) is 15.3 Å². The molecule has 0 aliphatic rings. The van der Waals surface area contributed by atoms with Gasteiger partial charge in [0.25, 0.3) is 5.91 Å². The zero-order valence-electron chi connectivity index (χ0n) is 11.7. The van der Waals surface area contributed by atoms with Crippen molar-refractivity contribution in [2.24, 2.45) is 5.73 Å². The zero-order valence-corrected chi connectivity index (χ0v) is 13.3. The summed E-state index contributed by atoms with van der Waals surface area (Å²) in [4.78, 5) is 14.3. The van der Waals surface area contributed by atoms with Crippen LogP contribution in [-0.4, -0.2) is 18.7 Å². The van der Waals surface area contributed by atoms with Gasteiger partial charge in [-0.1, -0.05) is 24.0 Å². The van der Waals surface area contributed by atoms with Crippen molar-refractivity contribution in [1.29, 1.82) is 0 Å². The molecule has 1 heterocycles. The summed E-state index contributed by atoms with van der Waals surface area (Å²) in [6.07, 6.45) is 1.96. The number of nitrogens with one attached hydrogen (secondary N) is 1. The SMILES string of the molecule is CSc1ccccc1C(=O)NCc1sccc1C#CCN. The van der Waals surface area contributed by atoms with Gasteiger partial charge < -0.3 is 11.1 Å². The number of nitrogens with two attached hydrogens (primary N) is 1. The number of thiophene rings is 1. The average molecular weight is 316 g/mol. The number of benzene rings is 1. The predicted octanol–water partition coefficient (Wildman–Crippen LogP) is 2.71. The number of hydrogen-bond acceptors (Lipinski definition) is 4. The average Bonchev–Trinajstić information content (AvgIpc) is 2.97. The smallest absolute Gasteiger partial charge is 0.252 e. The molecule has 0 saturated heterocycles. The number of hydrogen-bond donors (Lipinski definition) is 2. The monoisotopic (exact) mass is 316 g/mol. The molecule has 2 aromatic rings. The molecule has 0 fully saturated rings. The van der Waals surface area contributed by atoms with Gasteiger partial charge in [-0.15, -0.1) is 23.1 Å². The summed E-state index contributed by atoms with van der Waals surface area (Å²) < 4.78 is 0. The van der Waals surface area contributed by atoms with Crippen LogP contribution in [0.2, 0.25) is 0 Å². The van der Waals surface area contributed by atoms with E-state index < -0.39 is 0 Å². The molecule has 0 bridgehead atoms. The van der Waals surface area contributed by atoms with E-state index in [1.807, 2.05) is 42.0 Å². The minimum absolute atomic E-state index is 0.0638. The van der Waals surface area contributed by atoms with Crippen LogP contribution in [0.3, 0.4) is 0 Å². The Morgan fingerprint density at radius 2 is 2.19 bits per heavy atom. The first kappa shape index (κ1) is 15.6. The highest BCUT2D eigenvalue weighted by Crippen LogP contribution is 2.20. The summed E-state index contributed by atoms with van der Waals surface area (Å²) in [5, 5.41) is 4.92. The molecule has 1 aromatic heterocycles. The number of carbonyl (C=O) groups excluding carboxylic acids is 1. The zero-order chi connectivity index (χ0) is 15.1. The molecule has 5 heteroatoms. The highest BCUT2D eigenvalue weighted by molar-refractivity contribution is 7.98. The molecule has 0 unspecified atom stereocenters. The number of amides is 1. The lowest BCUT2D eigenvalue weighted by molar-refractivity contribution is 0.0948. The largest absolute Gasteiger partial charge is 0.347 e. The van der Waals surface area contributed by atoms with Gasteiger partial charge in [-0.25, -0.2) is 0 Å². The molecule has 1 amide bonds. The van der Waals surface area contributed by atoms with Crippen LogP contribution in [0.25, 0.3) is 0 Å². The molecule has 21 heavy (non-hydrogen) atoms. The lowest BCUT2D eigenvalue weighted by Gasteiger charge is -2.08. The minimum atomic E-state index is -0.0638. The van der Waals surface area contributed by atoms with Gasteiger partial charge in [0.2, 0.25) is 0 Å². The molecule has 3 nitrogen and oxygen atoms in total. The van der Waals surface area contributed by atoms with Crippen LogP contribution in [0, 0.1) is 11.8 Å². The van der Waals surface area contributed by atoms with E-state index in [9.17, 15) is 4.79 Å². The standard InChI is InChI=1S/C16H16N2OS2/c1-20-14-7-3-2-6-13(14)16(19)18-11-15-12(5-4-9-17)8-10-21-15/h2-3,6-8,10H,9,11,17H2,1H3,(H,18,19). The van der Waals surface area contributed by atoms with E-state index in [2.05, 4.69) is 17.2 Å². The number of rotatable bonds is 4. The molecule has 0 radical (unpaired) electrons. The molecule has 3 N–H and O–H groups in total. The van der Waals surface area contributed by atoms with Gasteiger partial charge in [0.05, 0.1) is 18.7 Å². The highest BCUT2D eigenvalue weighted by atomic mass is 32.2. The second-order valence-corrected chi connectivity index (χ2v) is 6.00. The molecule has 108 valence electrons. The van der Waals surface area contributed by atoms with E-state index in [0.29, 0.717) is 18.7 Å². The van der Waals surface area contributed by atoms with Crippen molar-refractivity contribution in [1.82, 2.24) is 5.32 Å². The van der Waals surface area contributed by atoms with Gasteiger partial charge in [-0.3, -0.25) is 4.79 Å². The molecule has 1 aromatic carbocycles. The first-order valence-corrected chi connectivity index (χ1v) is 8.53. The van der Waals surface area contributed by atoms with Crippen molar-refractivity contribution in [3.63, 3.8) is 0 Å².